The fraction of sp³-hybridized carbons (Fsp3) is 0.200. The van der Waals surface area contributed by atoms with Gasteiger partial charge in [-0.25, -0.2) is 13.2 Å². The van der Waals surface area contributed by atoms with Crippen molar-refractivity contribution in [2.45, 2.75) is 17.7 Å². The van der Waals surface area contributed by atoms with Crippen molar-refractivity contribution in [2.24, 2.45) is 0 Å². The molecule has 1 N–H and O–H groups in total. The zero-order chi connectivity index (χ0) is 20.6. The highest BCUT2D eigenvalue weighted by molar-refractivity contribution is 9.10. The second-order valence-electron chi connectivity index (χ2n) is 6.72. The van der Waals surface area contributed by atoms with Gasteiger partial charge in [0.15, 0.2) is 0 Å². The van der Waals surface area contributed by atoms with Crippen LogP contribution in [0.2, 0.25) is 0 Å². The zero-order valence-corrected chi connectivity index (χ0v) is 17.6. The SMILES string of the molecule is O=C(Nc1ccc(S(=O)(=O)N2CCCC2)cc1)c1cc2cc(Br)ccc2oc1=O. The molecule has 0 atom stereocenters. The predicted octanol–water partition coefficient (Wildman–Crippen LogP) is 3.59. The van der Waals surface area contributed by atoms with E-state index in [0.29, 0.717) is 29.7 Å². The molecule has 0 bridgehead atoms. The third-order valence-corrected chi connectivity index (χ3v) is 7.16. The highest BCUT2D eigenvalue weighted by Gasteiger charge is 2.27. The van der Waals surface area contributed by atoms with Crippen LogP contribution in [0.25, 0.3) is 11.0 Å². The number of hydrogen-bond donors (Lipinski definition) is 1. The third kappa shape index (κ3) is 3.98. The van der Waals surface area contributed by atoms with Crippen molar-refractivity contribution in [1.82, 2.24) is 4.31 Å². The van der Waals surface area contributed by atoms with Gasteiger partial charge in [0.25, 0.3) is 5.91 Å². The number of halogens is 1. The van der Waals surface area contributed by atoms with Gasteiger partial charge in [0.05, 0.1) is 4.90 Å². The molecule has 0 spiro atoms. The van der Waals surface area contributed by atoms with Gasteiger partial charge in [-0.2, -0.15) is 4.31 Å². The van der Waals surface area contributed by atoms with Gasteiger partial charge in [0.1, 0.15) is 11.1 Å². The molecular weight excluding hydrogens is 460 g/mol. The molecule has 7 nitrogen and oxygen atoms in total. The van der Waals surface area contributed by atoms with Crippen molar-refractivity contribution in [2.75, 3.05) is 18.4 Å². The molecule has 1 aliphatic heterocycles. The normalized spacial score (nSPS) is 14.9. The highest BCUT2D eigenvalue weighted by Crippen LogP contribution is 2.23. The number of nitrogens with one attached hydrogen (secondary N) is 1. The Morgan fingerprint density at radius 3 is 2.41 bits per heavy atom. The lowest BCUT2D eigenvalue weighted by molar-refractivity contribution is 0.102. The van der Waals surface area contributed by atoms with E-state index < -0.39 is 21.6 Å². The molecule has 1 aromatic heterocycles. The second-order valence-corrected chi connectivity index (χ2v) is 9.57. The maximum absolute atomic E-state index is 12.6. The Bertz CT molecular complexity index is 1250. The lowest BCUT2D eigenvalue weighted by Gasteiger charge is -2.15. The van der Waals surface area contributed by atoms with Crippen LogP contribution in [-0.2, 0) is 10.0 Å². The Morgan fingerprint density at radius 2 is 1.72 bits per heavy atom. The number of carbonyl (C=O) groups excluding carboxylic acids is 1. The minimum absolute atomic E-state index is 0.135. The van der Waals surface area contributed by atoms with Gasteiger partial charge < -0.3 is 9.73 Å². The van der Waals surface area contributed by atoms with Crippen molar-refractivity contribution in [3.05, 3.63) is 69.0 Å². The van der Waals surface area contributed by atoms with E-state index in [1.54, 1.807) is 18.2 Å². The third-order valence-electron chi connectivity index (χ3n) is 4.75. The van der Waals surface area contributed by atoms with Crippen molar-refractivity contribution < 1.29 is 17.6 Å². The molecule has 1 fully saturated rings. The molecule has 2 aromatic carbocycles. The van der Waals surface area contributed by atoms with E-state index in [0.717, 1.165) is 17.3 Å². The summed E-state index contributed by atoms with van der Waals surface area (Å²) in [6, 6.07) is 12.5. The molecule has 150 valence electrons. The molecule has 1 amide bonds. The summed E-state index contributed by atoms with van der Waals surface area (Å²) in [6.07, 6.45) is 1.72. The van der Waals surface area contributed by atoms with Gasteiger partial charge >= 0.3 is 5.63 Å². The van der Waals surface area contributed by atoms with Crippen molar-refractivity contribution in [3.63, 3.8) is 0 Å². The number of amides is 1. The van der Waals surface area contributed by atoms with Crippen LogP contribution in [0.15, 0.2) is 67.1 Å². The number of hydrogen-bond acceptors (Lipinski definition) is 5. The maximum atomic E-state index is 12.6. The van der Waals surface area contributed by atoms with Gasteiger partial charge in [-0.15, -0.1) is 0 Å². The van der Waals surface area contributed by atoms with E-state index in [1.807, 2.05) is 0 Å². The summed E-state index contributed by atoms with van der Waals surface area (Å²) in [7, 11) is -3.52. The summed E-state index contributed by atoms with van der Waals surface area (Å²) in [5.41, 5.74) is -0.120. The smallest absolute Gasteiger partial charge is 0.349 e. The molecule has 4 rings (SSSR count). The van der Waals surface area contributed by atoms with E-state index in [1.165, 1.54) is 34.6 Å². The highest BCUT2D eigenvalue weighted by atomic mass is 79.9. The lowest BCUT2D eigenvalue weighted by Crippen LogP contribution is -2.27. The van der Waals surface area contributed by atoms with E-state index >= 15 is 0 Å². The van der Waals surface area contributed by atoms with Crippen LogP contribution in [0.3, 0.4) is 0 Å². The molecule has 9 heteroatoms. The molecule has 0 saturated carbocycles. The molecule has 3 aromatic rings. The van der Waals surface area contributed by atoms with E-state index in [4.69, 9.17) is 4.42 Å². The Labute approximate surface area is 175 Å². The summed E-state index contributed by atoms with van der Waals surface area (Å²) in [5.74, 6) is -0.629. The summed E-state index contributed by atoms with van der Waals surface area (Å²) in [4.78, 5) is 24.9. The molecule has 0 aliphatic carbocycles. The van der Waals surface area contributed by atoms with Crippen LogP contribution in [0.5, 0.6) is 0 Å². The first-order valence-electron chi connectivity index (χ1n) is 8.99. The van der Waals surface area contributed by atoms with Crippen LogP contribution < -0.4 is 10.9 Å². The van der Waals surface area contributed by atoms with Crippen molar-refractivity contribution in [3.8, 4) is 0 Å². The number of benzene rings is 2. The quantitative estimate of drug-likeness (QED) is 0.580. The largest absolute Gasteiger partial charge is 0.422 e. The molecule has 2 heterocycles. The maximum Gasteiger partial charge on any atom is 0.349 e. The summed E-state index contributed by atoms with van der Waals surface area (Å²) in [5, 5.41) is 3.22. The molecule has 1 aliphatic rings. The lowest BCUT2D eigenvalue weighted by atomic mass is 10.1. The van der Waals surface area contributed by atoms with Crippen LogP contribution in [-0.4, -0.2) is 31.7 Å². The Hall–Kier alpha value is -2.49. The van der Waals surface area contributed by atoms with Gasteiger partial charge in [-0.05, 0) is 61.4 Å². The van der Waals surface area contributed by atoms with Gasteiger partial charge in [0.2, 0.25) is 10.0 Å². The fourth-order valence-corrected chi connectivity index (χ4v) is 5.13. The summed E-state index contributed by atoms with van der Waals surface area (Å²) < 4.78 is 32.6. The van der Waals surface area contributed by atoms with Crippen LogP contribution in [0.1, 0.15) is 23.2 Å². The van der Waals surface area contributed by atoms with Crippen molar-refractivity contribution >= 4 is 48.5 Å². The minimum atomic E-state index is -3.52. The number of carbonyl (C=O) groups is 1. The average Bonchev–Trinajstić information content (AvgIpc) is 3.24. The summed E-state index contributed by atoms with van der Waals surface area (Å²) in [6.45, 7) is 1.04. The molecule has 29 heavy (non-hydrogen) atoms. The van der Waals surface area contributed by atoms with E-state index in [-0.39, 0.29) is 10.5 Å². The Balaban J connectivity index is 1.56. The van der Waals surface area contributed by atoms with E-state index in [2.05, 4.69) is 21.2 Å². The summed E-state index contributed by atoms with van der Waals surface area (Å²) >= 11 is 3.34. The topological polar surface area (TPSA) is 96.7 Å². The minimum Gasteiger partial charge on any atom is -0.422 e. The Kier molecular flexibility index (Phi) is 5.28. The number of sulfonamides is 1. The predicted molar refractivity (Wildman–Crippen MR) is 113 cm³/mol. The molecule has 0 unspecified atom stereocenters. The van der Waals surface area contributed by atoms with Gasteiger partial charge in [-0.3, -0.25) is 4.79 Å². The molecule has 1 saturated heterocycles. The average molecular weight is 477 g/mol. The number of fused-ring (bicyclic) bond motifs is 1. The first kappa shape index (κ1) is 19.8. The monoisotopic (exact) mass is 476 g/mol. The van der Waals surface area contributed by atoms with Gasteiger partial charge in [0, 0.05) is 28.6 Å². The first-order valence-corrected chi connectivity index (χ1v) is 11.2. The number of anilines is 1. The van der Waals surface area contributed by atoms with Crippen molar-refractivity contribution in [1.29, 1.82) is 0 Å². The second kappa shape index (κ2) is 7.74. The number of rotatable bonds is 4. The van der Waals surface area contributed by atoms with E-state index in [9.17, 15) is 18.0 Å². The fourth-order valence-electron chi connectivity index (χ4n) is 3.24. The zero-order valence-electron chi connectivity index (χ0n) is 15.2. The van der Waals surface area contributed by atoms with Crippen LogP contribution >= 0.6 is 15.9 Å². The van der Waals surface area contributed by atoms with Crippen LogP contribution in [0, 0.1) is 0 Å². The first-order chi connectivity index (χ1) is 13.8. The molecular formula is C20H17BrN2O5S. The number of nitrogens with zero attached hydrogens (tertiary/aromatic N) is 1. The van der Waals surface area contributed by atoms with Crippen LogP contribution in [0.4, 0.5) is 5.69 Å². The Morgan fingerprint density at radius 1 is 1.03 bits per heavy atom. The van der Waals surface area contributed by atoms with Gasteiger partial charge in [-0.1, -0.05) is 15.9 Å². The molecule has 0 radical (unpaired) electrons. The standard InChI is InChI=1S/C20H17BrN2O5S/c21-14-3-8-18-13(11-14)12-17(20(25)28-18)19(24)22-15-4-6-16(7-5-15)29(26,27)23-9-1-2-10-23/h3-8,11-12H,1-2,9-10H2,(H,22,24).